The zero-order valence-electron chi connectivity index (χ0n) is 7.85. The fourth-order valence-corrected chi connectivity index (χ4v) is 1.47. The maximum Gasteiger partial charge on any atom is 0.148 e. The number of anilines is 1. The minimum Gasteiger partial charge on any atom is -0.390 e. The van der Waals surface area contributed by atoms with Crippen molar-refractivity contribution in [2.24, 2.45) is 0 Å². The van der Waals surface area contributed by atoms with Gasteiger partial charge in [0.1, 0.15) is 5.82 Å². The second-order valence-corrected chi connectivity index (χ2v) is 3.35. The van der Waals surface area contributed by atoms with Gasteiger partial charge in [0.05, 0.1) is 12.3 Å². The normalized spacial score (nSPS) is 16.1. The minimum atomic E-state index is -0.0573. The summed E-state index contributed by atoms with van der Waals surface area (Å²) in [6.45, 7) is -0.0573. The van der Waals surface area contributed by atoms with Crippen LogP contribution in [0.3, 0.4) is 0 Å². The van der Waals surface area contributed by atoms with Crippen LogP contribution in [0.1, 0.15) is 18.5 Å². The molecule has 1 aliphatic rings. The van der Waals surface area contributed by atoms with E-state index in [1.165, 1.54) is 0 Å². The van der Waals surface area contributed by atoms with Crippen LogP contribution in [0.5, 0.6) is 0 Å². The Hall–Kier alpha value is -1.42. The van der Waals surface area contributed by atoms with Gasteiger partial charge in [0.2, 0.25) is 0 Å². The number of aromatic nitrogens is 2. The summed E-state index contributed by atoms with van der Waals surface area (Å²) in [6.07, 6.45) is 6.41. The number of nitrogens with one attached hydrogen (secondary N) is 1. The fourth-order valence-electron chi connectivity index (χ4n) is 1.47. The van der Waals surface area contributed by atoms with Gasteiger partial charge in [-0.1, -0.05) is 12.2 Å². The number of aliphatic hydroxyl groups excluding tert-OH is 1. The van der Waals surface area contributed by atoms with Crippen molar-refractivity contribution in [1.82, 2.24) is 10.2 Å². The van der Waals surface area contributed by atoms with Gasteiger partial charge in [-0.25, -0.2) is 0 Å². The van der Waals surface area contributed by atoms with Gasteiger partial charge in [0.25, 0.3) is 0 Å². The van der Waals surface area contributed by atoms with E-state index in [0.717, 1.165) is 18.7 Å². The molecular weight excluding hydrogens is 178 g/mol. The molecule has 14 heavy (non-hydrogen) atoms. The Morgan fingerprint density at radius 1 is 1.29 bits per heavy atom. The maximum atomic E-state index is 8.78. The molecule has 0 amide bonds. The van der Waals surface area contributed by atoms with Crippen molar-refractivity contribution < 1.29 is 5.11 Å². The van der Waals surface area contributed by atoms with Gasteiger partial charge in [-0.2, -0.15) is 5.10 Å². The Morgan fingerprint density at radius 2 is 2.07 bits per heavy atom. The van der Waals surface area contributed by atoms with E-state index >= 15 is 0 Å². The Labute approximate surface area is 82.7 Å². The highest BCUT2D eigenvalue weighted by Crippen LogP contribution is 2.14. The standard InChI is InChI=1S/C10H13N3O/c14-7-9-5-6-10(13-12-9)11-8-3-1-2-4-8/h1-2,5-6,8,14H,3-4,7H2,(H,11,13). The van der Waals surface area contributed by atoms with Crippen LogP contribution in [0.4, 0.5) is 5.82 Å². The molecule has 0 aromatic carbocycles. The highest BCUT2D eigenvalue weighted by atomic mass is 16.3. The Balaban J connectivity index is 1.96. The third kappa shape index (κ3) is 2.09. The number of rotatable bonds is 3. The molecule has 74 valence electrons. The molecule has 0 atom stereocenters. The van der Waals surface area contributed by atoms with Gasteiger partial charge in [-0.3, -0.25) is 0 Å². The van der Waals surface area contributed by atoms with Crippen molar-refractivity contribution in [2.45, 2.75) is 25.5 Å². The molecule has 1 aliphatic carbocycles. The van der Waals surface area contributed by atoms with Gasteiger partial charge in [0, 0.05) is 6.04 Å². The number of hydrogen-bond donors (Lipinski definition) is 2. The molecule has 2 N–H and O–H groups in total. The van der Waals surface area contributed by atoms with Crippen molar-refractivity contribution in [3.63, 3.8) is 0 Å². The molecule has 1 aromatic heterocycles. The first-order valence-corrected chi connectivity index (χ1v) is 4.73. The molecule has 0 saturated carbocycles. The second kappa shape index (κ2) is 4.19. The Bertz CT molecular complexity index is 313. The zero-order chi connectivity index (χ0) is 9.80. The first-order valence-electron chi connectivity index (χ1n) is 4.73. The molecule has 0 bridgehead atoms. The van der Waals surface area contributed by atoms with Gasteiger partial charge >= 0.3 is 0 Å². The molecule has 4 heteroatoms. The van der Waals surface area contributed by atoms with Crippen molar-refractivity contribution in [2.75, 3.05) is 5.32 Å². The number of hydrogen-bond acceptors (Lipinski definition) is 4. The molecule has 0 unspecified atom stereocenters. The van der Waals surface area contributed by atoms with Crippen LogP contribution in [0.25, 0.3) is 0 Å². The molecule has 0 radical (unpaired) electrons. The average molecular weight is 191 g/mol. The molecule has 1 aromatic rings. The SMILES string of the molecule is OCc1ccc(NC2CC=CC2)nn1. The maximum absolute atomic E-state index is 8.78. The van der Waals surface area contributed by atoms with Crippen molar-refractivity contribution >= 4 is 5.82 Å². The lowest BCUT2D eigenvalue weighted by molar-refractivity contribution is 0.275. The van der Waals surface area contributed by atoms with E-state index in [1.54, 1.807) is 6.07 Å². The molecule has 2 rings (SSSR count). The molecular formula is C10H13N3O. The van der Waals surface area contributed by atoms with Crippen molar-refractivity contribution in [1.29, 1.82) is 0 Å². The number of aliphatic hydroxyl groups is 1. The zero-order valence-corrected chi connectivity index (χ0v) is 7.85. The minimum absolute atomic E-state index is 0.0573. The molecule has 0 aliphatic heterocycles. The van der Waals surface area contributed by atoms with E-state index in [1.807, 2.05) is 6.07 Å². The second-order valence-electron chi connectivity index (χ2n) is 3.35. The quantitative estimate of drug-likeness (QED) is 0.702. The summed E-state index contributed by atoms with van der Waals surface area (Å²) < 4.78 is 0. The summed E-state index contributed by atoms with van der Waals surface area (Å²) >= 11 is 0. The van der Waals surface area contributed by atoms with E-state index < -0.39 is 0 Å². The topological polar surface area (TPSA) is 58.0 Å². The fraction of sp³-hybridized carbons (Fsp3) is 0.400. The summed E-state index contributed by atoms with van der Waals surface area (Å²) in [5.74, 6) is 0.774. The summed E-state index contributed by atoms with van der Waals surface area (Å²) in [6, 6.07) is 4.07. The monoisotopic (exact) mass is 191 g/mol. The van der Waals surface area contributed by atoms with E-state index in [-0.39, 0.29) is 6.61 Å². The summed E-state index contributed by atoms with van der Waals surface area (Å²) in [4.78, 5) is 0. The summed E-state index contributed by atoms with van der Waals surface area (Å²) in [5, 5.41) is 19.9. The first-order chi connectivity index (χ1) is 6.88. The average Bonchev–Trinajstić information content (AvgIpc) is 2.72. The first kappa shape index (κ1) is 9.15. The molecule has 0 spiro atoms. The van der Waals surface area contributed by atoms with E-state index in [9.17, 15) is 0 Å². The lowest BCUT2D eigenvalue weighted by Crippen LogP contribution is -2.16. The van der Waals surface area contributed by atoms with E-state index in [4.69, 9.17) is 5.11 Å². The summed E-state index contributed by atoms with van der Waals surface area (Å²) in [5.41, 5.74) is 0.597. The van der Waals surface area contributed by atoms with Crippen LogP contribution in [-0.2, 0) is 6.61 Å². The molecule has 0 saturated heterocycles. The lowest BCUT2D eigenvalue weighted by Gasteiger charge is -2.11. The van der Waals surface area contributed by atoms with Crippen LogP contribution < -0.4 is 5.32 Å². The number of nitrogens with zero attached hydrogens (tertiary/aromatic N) is 2. The largest absolute Gasteiger partial charge is 0.390 e. The lowest BCUT2D eigenvalue weighted by atomic mass is 10.2. The Kier molecular flexibility index (Phi) is 2.74. The van der Waals surface area contributed by atoms with Gasteiger partial charge in [0.15, 0.2) is 0 Å². The van der Waals surface area contributed by atoms with E-state index in [2.05, 4.69) is 27.7 Å². The molecule has 0 fully saturated rings. The predicted molar refractivity (Wildman–Crippen MR) is 53.7 cm³/mol. The van der Waals surface area contributed by atoms with Crippen LogP contribution in [0, 0.1) is 0 Å². The van der Waals surface area contributed by atoms with E-state index in [0.29, 0.717) is 11.7 Å². The highest BCUT2D eigenvalue weighted by Gasteiger charge is 2.09. The molecule has 1 heterocycles. The Morgan fingerprint density at radius 3 is 2.64 bits per heavy atom. The van der Waals surface area contributed by atoms with Crippen LogP contribution >= 0.6 is 0 Å². The summed E-state index contributed by atoms with van der Waals surface area (Å²) in [7, 11) is 0. The van der Waals surface area contributed by atoms with Gasteiger partial charge < -0.3 is 10.4 Å². The van der Waals surface area contributed by atoms with Crippen LogP contribution in [-0.4, -0.2) is 21.3 Å². The van der Waals surface area contributed by atoms with Crippen molar-refractivity contribution in [3.05, 3.63) is 30.0 Å². The van der Waals surface area contributed by atoms with Gasteiger partial charge in [-0.05, 0) is 25.0 Å². The van der Waals surface area contributed by atoms with Crippen LogP contribution in [0.2, 0.25) is 0 Å². The molecule has 4 nitrogen and oxygen atoms in total. The highest BCUT2D eigenvalue weighted by molar-refractivity contribution is 5.35. The third-order valence-electron chi connectivity index (χ3n) is 2.24. The smallest absolute Gasteiger partial charge is 0.148 e. The predicted octanol–water partition coefficient (Wildman–Crippen LogP) is 1.10. The van der Waals surface area contributed by atoms with Gasteiger partial charge in [-0.15, -0.1) is 5.10 Å². The third-order valence-corrected chi connectivity index (χ3v) is 2.24. The van der Waals surface area contributed by atoms with Crippen LogP contribution in [0.15, 0.2) is 24.3 Å². The van der Waals surface area contributed by atoms with Crippen molar-refractivity contribution in [3.8, 4) is 0 Å².